The summed E-state index contributed by atoms with van der Waals surface area (Å²) in [5.41, 5.74) is 19.4. The number of nitrogens with zero attached hydrogens (tertiary/aromatic N) is 4. The van der Waals surface area contributed by atoms with Crippen LogP contribution in [-0.4, -0.2) is 21.6 Å². The summed E-state index contributed by atoms with van der Waals surface area (Å²) in [6.45, 7) is 3.92. The van der Waals surface area contributed by atoms with Crippen LogP contribution < -0.4 is 11.5 Å². The molecular formula is C10H20CuN6S2. The molecule has 0 spiro atoms. The van der Waals surface area contributed by atoms with Crippen LogP contribution in [0.1, 0.15) is 39.5 Å². The van der Waals surface area contributed by atoms with E-state index in [1.54, 1.807) is 6.92 Å². The fourth-order valence-electron chi connectivity index (χ4n) is 1.14. The molecule has 0 saturated carbocycles. The van der Waals surface area contributed by atoms with Crippen molar-refractivity contribution < 1.29 is 17.1 Å². The predicted octanol–water partition coefficient (Wildman–Crippen LogP) is 0.694. The van der Waals surface area contributed by atoms with Crippen LogP contribution in [0.5, 0.6) is 0 Å². The number of hydrogen-bond acceptors (Lipinski definition) is 2. The van der Waals surface area contributed by atoms with Crippen LogP contribution in [0.15, 0.2) is 10.2 Å². The maximum atomic E-state index is 5.33. The van der Waals surface area contributed by atoms with Crippen LogP contribution in [0, 0.1) is 0 Å². The van der Waals surface area contributed by atoms with Crippen LogP contribution >= 0.6 is 0 Å². The standard InChI is InChI=1S/C10H20N6S2.Cu/c1-3-4-5-6-8(14-16-10(12)18)7(2)13-15-9(11)17;/h3-6H2,1-2H3,(H6,11,12,13,14,15,16,17,18);. The Morgan fingerprint density at radius 1 is 1.05 bits per heavy atom. The molecule has 9 heteroatoms. The Morgan fingerprint density at radius 3 is 2.05 bits per heavy atom. The molecule has 4 N–H and O–H groups in total. The smallest absolute Gasteiger partial charge is 0.183 e. The first kappa shape index (κ1) is 20.9. The van der Waals surface area contributed by atoms with Crippen molar-refractivity contribution in [1.82, 2.24) is 0 Å². The summed E-state index contributed by atoms with van der Waals surface area (Å²) in [6, 6.07) is 0. The minimum Gasteiger partial charge on any atom is -0.515 e. The second-order valence-electron chi connectivity index (χ2n) is 3.61. The van der Waals surface area contributed by atoms with Gasteiger partial charge in [-0.15, -0.1) is 0 Å². The van der Waals surface area contributed by atoms with E-state index in [2.05, 4.69) is 52.4 Å². The van der Waals surface area contributed by atoms with Gasteiger partial charge in [0, 0.05) is 28.5 Å². The van der Waals surface area contributed by atoms with Gasteiger partial charge in [0.05, 0.1) is 0 Å². The van der Waals surface area contributed by atoms with Gasteiger partial charge in [0.2, 0.25) is 0 Å². The van der Waals surface area contributed by atoms with Gasteiger partial charge in [-0.1, -0.05) is 19.8 Å². The molecule has 0 bridgehead atoms. The Hall–Kier alpha value is -0.441. The van der Waals surface area contributed by atoms with Crippen molar-refractivity contribution in [2.75, 3.05) is 0 Å². The van der Waals surface area contributed by atoms with Crippen molar-refractivity contribution in [3.8, 4) is 0 Å². The van der Waals surface area contributed by atoms with E-state index in [1.807, 2.05) is 0 Å². The number of nitrogens with two attached hydrogens (primary N) is 2. The Kier molecular flexibility index (Phi) is 13.8. The van der Waals surface area contributed by atoms with Gasteiger partial charge in [0.15, 0.2) is 34.7 Å². The predicted molar refractivity (Wildman–Crippen MR) is 87.3 cm³/mol. The molecule has 0 aromatic carbocycles. The molecule has 0 aromatic heterocycles. The molecule has 1 radical (unpaired) electrons. The largest absolute Gasteiger partial charge is 0.515 e. The van der Waals surface area contributed by atoms with E-state index in [-0.39, 0.29) is 27.3 Å². The average molecular weight is 352 g/mol. The first-order chi connectivity index (χ1) is 8.47. The summed E-state index contributed by atoms with van der Waals surface area (Å²) in [4.78, 5) is 0. The molecule has 0 aliphatic rings. The fourth-order valence-corrected chi connectivity index (χ4v) is 1.23. The van der Waals surface area contributed by atoms with Crippen molar-refractivity contribution in [1.29, 1.82) is 0 Å². The molecule has 0 amide bonds. The monoisotopic (exact) mass is 351 g/mol. The van der Waals surface area contributed by atoms with Crippen LogP contribution in [0.25, 0.3) is 10.9 Å². The topological polar surface area (TPSA) is 105 Å². The second-order valence-corrected chi connectivity index (χ2v) is 4.52. The zero-order valence-electron chi connectivity index (χ0n) is 11.0. The fraction of sp³-hybridized carbons (Fsp3) is 0.600. The molecule has 0 atom stereocenters. The van der Waals surface area contributed by atoms with Crippen LogP contribution in [0.3, 0.4) is 0 Å². The molecule has 19 heavy (non-hydrogen) atoms. The van der Waals surface area contributed by atoms with Crippen LogP contribution in [-0.2, 0) is 41.5 Å². The van der Waals surface area contributed by atoms with Gasteiger partial charge in [-0.05, 0) is 19.8 Å². The van der Waals surface area contributed by atoms with Crippen molar-refractivity contribution in [2.24, 2.45) is 21.7 Å². The Bertz CT molecular complexity index is 356. The molecule has 0 heterocycles. The number of thiol groups is 2. The van der Waals surface area contributed by atoms with Gasteiger partial charge in [-0.3, -0.25) is 11.5 Å². The molecule has 0 saturated heterocycles. The summed E-state index contributed by atoms with van der Waals surface area (Å²) < 4.78 is 0. The zero-order chi connectivity index (χ0) is 14.0. The van der Waals surface area contributed by atoms with Gasteiger partial charge in [0.25, 0.3) is 0 Å². The van der Waals surface area contributed by atoms with E-state index in [4.69, 9.17) is 11.5 Å². The van der Waals surface area contributed by atoms with Crippen LogP contribution in [0.4, 0.5) is 0 Å². The SMILES string of the molecule is CCCCCC(=N[N-]C(N)=[SH+])C(C)=N[N-]C(N)=[SH+].[Cu]. The van der Waals surface area contributed by atoms with Gasteiger partial charge < -0.3 is 21.1 Å². The van der Waals surface area contributed by atoms with E-state index in [9.17, 15) is 0 Å². The summed E-state index contributed by atoms with van der Waals surface area (Å²) >= 11 is 7.69. The van der Waals surface area contributed by atoms with Gasteiger partial charge in [-0.2, -0.15) is 0 Å². The van der Waals surface area contributed by atoms with Gasteiger partial charge in [0.1, 0.15) is 0 Å². The molecule has 0 aliphatic carbocycles. The van der Waals surface area contributed by atoms with E-state index < -0.39 is 0 Å². The van der Waals surface area contributed by atoms with E-state index >= 15 is 0 Å². The van der Waals surface area contributed by atoms with Gasteiger partial charge in [-0.25, -0.2) is 0 Å². The average Bonchev–Trinajstić information content (AvgIpc) is 2.30. The maximum absolute atomic E-state index is 5.33. The Balaban J connectivity index is 0. The first-order valence-electron chi connectivity index (χ1n) is 5.63. The summed E-state index contributed by atoms with van der Waals surface area (Å²) in [6.07, 6.45) is 4.01. The molecule has 0 aromatic rings. The quantitative estimate of drug-likeness (QED) is 0.134. The van der Waals surface area contributed by atoms with E-state index in [0.29, 0.717) is 5.71 Å². The van der Waals surface area contributed by atoms with Crippen molar-refractivity contribution in [2.45, 2.75) is 39.5 Å². The molecule has 113 valence electrons. The minimum absolute atomic E-state index is 0. The summed E-state index contributed by atoms with van der Waals surface area (Å²) in [5.74, 6) is 0. The Labute approximate surface area is 135 Å². The second kappa shape index (κ2) is 12.6. The molecule has 0 fully saturated rings. The number of rotatable bonds is 7. The zero-order valence-corrected chi connectivity index (χ0v) is 13.7. The third kappa shape index (κ3) is 12.3. The summed E-state index contributed by atoms with van der Waals surface area (Å²) in [5, 5.41) is 8.13. The van der Waals surface area contributed by atoms with Crippen molar-refractivity contribution in [3.05, 3.63) is 10.9 Å². The molecule has 0 rings (SSSR count). The minimum atomic E-state index is 0. The van der Waals surface area contributed by atoms with Gasteiger partial charge >= 0.3 is 0 Å². The van der Waals surface area contributed by atoms with Crippen molar-refractivity contribution >= 4 is 46.1 Å². The first-order valence-corrected chi connectivity index (χ1v) is 6.52. The molecule has 0 aliphatic heterocycles. The molecular weight excluding hydrogens is 332 g/mol. The van der Waals surface area contributed by atoms with Crippen LogP contribution in [0.2, 0.25) is 0 Å². The number of unbranched alkanes of at least 4 members (excludes halogenated alkanes) is 2. The Morgan fingerprint density at radius 2 is 1.58 bits per heavy atom. The van der Waals surface area contributed by atoms with E-state index in [1.165, 1.54) is 0 Å². The van der Waals surface area contributed by atoms with E-state index in [0.717, 1.165) is 31.4 Å². The third-order valence-electron chi connectivity index (χ3n) is 2.01. The molecule has 6 nitrogen and oxygen atoms in total. The molecule has 0 unspecified atom stereocenters. The summed E-state index contributed by atoms with van der Waals surface area (Å²) in [7, 11) is 0. The number of hydrogen-bond donors (Lipinski definition) is 2. The van der Waals surface area contributed by atoms with Crippen molar-refractivity contribution in [3.63, 3.8) is 0 Å². The normalized spacial score (nSPS) is 11.6. The third-order valence-corrected chi connectivity index (χ3v) is 2.19. The maximum Gasteiger partial charge on any atom is 0.183 e.